The second kappa shape index (κ2) is 5.38. The summed E-state index contributed by atoms with van der Waals surface area (Å²) < 4.78 is 5.47. The summed E-state index contributed by atoms with van der Waals surface area (Å²) in [5, 5.41) is 10.1. The predicted molar refractivity (Wildman–Crippen MR) is 62.7 cm³/mol. The average Bonchev–Trinajstić information content (AvgIpc) is 2.22. The van der Waals surface area contributed by atoms with Crippen LogP contribution in [0, 0.1) is 13.8 Å². The molecule has 1 rings (SSSR count). The number of hydrogen-bond donors (Lipinski definition) is 1. The summed E-state index contributed by atoms with van der Waals surface area (Å²) in [5.41, 5.74) is 2.00. The molecule has 84 valence electrons. The lowest BCUT2D eigenvalue weighted by molar-refractivity contribution is 0.104. The summed E-state index contributed by atoms with van der Waals surface area (Å²) in [6.07, 6.45) is 0.298. The van der Waals surface area contributed by atoms with E-state index in [0.29, 0.717) is 13.0 Å². The van der Waals surface area contributed by atoms with Gasteiger partial charge in [-0.3, -0.25) is 0 Å². The SMILES string of the molecule is CCC(O)COc1cc(C)c(Cl)c(C)c1. The normalized spacial score (nSPS) is 12.6. The molecule has 1 atom stereocenters. The summed E-state index contributed by atoms with van der Waals surface area (Å²) >= 11 is 6.03. The molecule has 0 radical (unpaired) electrons. The number of aliphatic hydroxyl groups excluding tert-OH is 1. The van der Waals surface area contributed by atoms with Crippen LogP contribution < -0.4 is 4.74 Å². The number of aryl methyl sites for hydroxylation is 2. The quantitative estimate of drug-likeness (QED) is 0.858. The Morgan fingerprint density at radius 1 is 1.33 bits per heavy atom. The Morgan fingerprint density at radius 2 is 1.87 bits per heavy atom. The van der Waals surface area contributed by atoms with Gasteiger partial charge in [-0.05, 0) is 43.5 Å². The Labute approximate surface area is 95.8 Å². The van der Waals surface area contributed by atoms with Crippen molar-refractivity contribution in [1.82, 2.24) is 0 Å². The Hall–Kier alpha value is -0.730. The molecule has 0 fully saturated rings. The van der Waals surface area contributed by atoms with Crippen LogP contribution >= 0.6 is 11.6 Å². The van der Waals surface area contributed by atoms with Crippen LogP contribution in [0.4, 0.5) is 0 Å². The molecule has 15 heavy (non-hydrogen) atoms. The fraction of sp³-hybridized carbons (Fsp3) is 0.500. The highest BCUT2D eigenvalue weighted by atomic mass is 35.5. The largest absolute Gasteiger partial charge is 0.491 e. The van der Waals surface area contributed by atoms with Crippen molar-refractivity contribution in [3.05, 3.63) is 28.3 Å². The minimum atomic E-state index is -0.402. The summed E-state index contributed by atoms with van der Waals surface area (Å²) in [4.78, 5) is 0. The zero-order valence-electron chi connectivity index (χ0n) is 9.38. The van der Waals surface area contributed by atoms with Crippen molar-refractivity contribution in [1.29, 1.82) is 0 Å². The van der Waals surface area contributed by atoms with Crippen molar-refractivity contribution in [2.45, 2.75) is 33.3 Å². The fourth-order valence-electron chi connectivity index (χ4n) is 1.30. The van der Waals surface area contributed by atoms with E-state index in [2.05, 4.69) is 0 Å². The first-order chi connectivity index (χ1) is 7.04. The molecule has 0 aliphatic heterocycles. The molecule has 0 aromatic heterocycles. The van der Waals surface area contributed by atoms with Crippen molar-refractivity contribution in [3.63, 3.8) is 0 Å². The van der Waals surface area contributed by atoms with Gasteiger partial charge < -0.3 is 9.84 Å². The van der Waals surface area contributed by atoms with Crippen LogP contribution in [0.5, 0.6) is 5.75 Å². The molecule has 2 nitrogen and oxygen atoms in total. The van der Waals surface area contributed by atoms with Gasteiger partial charge in [0.25, 0.3) is 0 Å². The highest BCUT2D eigenvalue weighted by Gasteiger charge is 2.05. The Morgan fingerprint density at radius 3 is 2.33 bits per heavy atom. The molecule has 1 N–H and O–H groups in total. The molecule has 0 aliphatic carbocycles. The van der Waals surface area contributed by atoms with Crippen LogP contribution in [-0.4, -0.2) is 17.8 Å². The Kier molecular flexibility index (Phi) is 4.43. The molecule has 0 spiro atoms. The standard InChI is InChI=1S/C12H17ClO2/c1-4-10(14)7-15-11-5-8(2)12(13)9(3)6-11/h5-6,10,14H,4,7H2,1-3H3. The van der Waals surface area contributed by atoms with Gasteiger partial charge in [0.2, 0.25) is 0 Å². The number of aliphatic hydroxyl groups is 1. The second-order valence-electron chi connectivity index (χ2n) is 3.74. The van der Waals surface area contributed by atoms with Gasteiger partial charge >= 0.3 is 0 Å². The Balaban J connectivity index is 2.70. The highest BCUT2D eigenvalue weighted by molar-refractivity contribution is 6.32. The molecular formula is C12H17ClO2. The van der Waals surface area contributed by atoms with Gasteiger partial charge in [-0.1, -0.05) is 18.5 Å². The van der Waals surface area contributed by atoms with Gasteiger partial charge in [-0.15, -0.1) is 0 Å². The zero-order valence-corrected chi connectivity index (χ0v) is 10.1. The van der Waals surface area contributed by atoms with Gasteiger partial charge in [0.05, 0.1) is 6.10 Å². The zero-order chi connectivity index (χ0) is 11.4. The van der Waals surface area contributed by atoms with E-state index in [1.54, 1.807) is 0 Å². The molecular weight excluding hydrogens is 212 g/mol. The molecule has 0 saturated heterocycles. The number of benzene rings is 1. The second-order valence-corrected chi connectivity index (χ2v) is 4.12. The van der Waals surface area contributed by atoms with E-state index < -0.39 is 6.10 Å². The van der Waals surface area contributed by atoms with Gasteiger partial charge in [0.1, 0.15) is 12.4 Å². The van der Waals surface area contributed by atoms with E-state index >= 15 is 0 Å². The van der Waals surface area contributed by atoms with Crippen molar-refractivity contribution in [3.8, 4) is 5.75 Å². The average molecular weight is 229 g/mol. The van der Waals surface area contributed by atoms with Gasteiger partial charge in [-0.2, -0.15) is 0 Å². The number of hydrogen-bond acceptors (Lipinski definition) is 2. The van der Waals surface area contributed by atoms with E-state index in [1.165, 1.54) is 0 Å². The number of ether oxygens (including phenoxy) is 1. The molecule has 0 saturated carbocycles. The van der Waals surface area contributed by atoms with Gasteiger partial charge in [-0.25, -0.2) is 0 Å². The lowest BCUT2D eigenvalue weighted by atomic mass is 10.1. The minimum absolute atomic E-state index is 0.330. The first-order valence-electron chi connectivity index (χ1n) is 5.12. The maximum Gasteiger partial charge on any atom is 0.120 e. The van der Waals surface area contributed by atoms with Crippen molar-refractivity contribution in [2.75, 3.05) is 6.61 Å². The van der Waals surface area contributed by atoms with Crippen LogP contribution in [0.2, 0.25) is 5.02 Å². The minimum Gasteiger partial charge on any atom is -0.491 e. The van der Waals surface area contributed by atoms with Crippen LogP contribution in [-0.2, 0) is 0 Å². The summed E-state index contributed by atoms with van der Waals surface area (Å²) in [6.45, 7) is 6.14. The van der Waals surface area contributed by atoms with E-state index in [4.69, 9.17) is 16.3 Å². The highest BCUT2D eigenvalue weighted by Crippen LogP contribution is 2.25. The Bertz CT molecular complexity index is 313. The molecule has 0 amide bonds. The number of halogens is 1. The van der Waals surface area contributed by atoms with Crippen LogP contribution in [0.1, 0.15) is 24.5 Å². The van der Waals surface area contributed by atoms with Crippen LogP contribution in [0.3, 0.4) is 0 Å². The third-order valence-corrected chi connectivity index (χ3v) is 2.92. The molecule has 1 aromatic rings. The third kappa shape index (κ3) is 3.40. The fourth-order valence-corrected chi connectivity index (χ4v) is 1.41. The molecule has 3 heteroatoms. The first-order valence-corrected chi connectivity index (χ1v) is 5.50. The van der Waals surface area contributed by atoms with E-state index in [9.17, 15) is 5.11 Å². The lowest BCUT2D eigenvalue weighted by Gasteiger charge is -2.12. The van der Waals surface area contributed by atoms with E-state index in [-0.39, 0.29) is 0 Å². The molecule has 1 unspecified atom stereocenters. The topological polar surface area (TPSA) is 29.5 Å². The molecule has 0 bridgehead atoms. The maximum absolute atomic E-state index is 9.36. The summed E-state index contributed by atoms with van der Waals surface area (Å²) in [6, 6.07) is 3.77. The summed E-state index contributed by atoms with van der Waals surface area (Å²) in [7, 11) is 0. The predicted octanol–water partition coefficient (Wildman–Crippen LogP) is 3.11. The molecule has 0 aliphatic rings. The first kappa shape index (κ1) is 12.3. The molecule has 1 aromatic carbocycles. The molecule has 0 heterocycles. The third-order valence-electron chi connectivity index (χ3n) is 2.32. The van der Waals surface area contributed by atoms with Crippen molar-refractivity contribution < 1.29 is 9.84 Å². The van der Waals surface area contributed by atoms with Gasteiger partial charge in [0.15, 0.2) is 0 Å². The van der Waals surface area contributed by atoms with E-state index in [0.717, 1.165) is 21.9 Å². The number of rotatable bonds is 4. The van der Waals surface area contributed by atoms with Crippen LogP contribution in [0.15, 0.2) is 12.1 Å². The van der Waals surface area contributed by atoms with Gasteiger partial charge in [0, 0.05) is 5.02 Å². The maximum atomic E-state index is 9.36. The smallest absolute Gasteiger partial charge is 0.120 e. The lowest BCUT2D eigenvalue weighted by Crippen LogP contribution is -2.16. The summed E-state index contributed by atoms with van der Waals surface area (Å²) in [5.74, 6) is 0.766. The monoisotopic (exact) mass is 228 g/mol. The van der Waals surface area contributed by atoms with Crippen LogP contribution in [0.25, 0.3) is 0 Å². The van der Waals surface area contributed by atoms with Crippen molar-refractivity contribution >= 4 is 11.6 Å². The van der Waals surface area contributed by atoms with E-state index in [1.807, 2.05) is 32.9 Å². The van der Waals surface area contributed by atoms with Crippen molar-refractivity contribution in [2.24, 2.45) is 0 Å².